The minimum atomic E-state index is -3.95. The maximum atomic E-state index is 13.1. The summed E-state index contributed by atoms with van der Waals surface area (Å²) in [4.78, 5) is 27.4. The standard InChI is InChI=1S/C26H25FN2O4S/c1-18-5-7-19(8-6-18)25(30)20-13-15-29(16-14-20)26(31)21-3-2-4-24(17-21)34(32,33)28-23-11-9-22(27)10-12-23/h2-12,17,20,28H,13-16H2,1H3. The lowest BCUT2D eigenvalue weighted by Crippen LogP contribution is -2.40. The van der Waals surface area contributed by atoms with E-state index in [1.54, 1.807) is 11.0 Å². The number of sulfonamides is 1. The van der Waals surface area contributed by atoms with Gasteiger partial charge in [0.15, 0.2) is 5.78 Å². The van der Waals surface area contributed by atoms with Gasteiger partial charge >= 0.3 is 0 Å². The number of amides is 1. The van der Waals surface area contributed by atoms with Crippen molar-refractivity contribution >= 4 is 27.4 Å². The molecule has 4 rings (SSSR count). The minimum absolute atomic E-state index is 0.0629. The van der Waals surface area contributed by atoms with Crippen LogP contribution in [-0.2, 0) is 10.0 Å². The molecule has 0 atom stereocenters. The number of rotatable bonds is 6. The molecule has 1 fully saturated rings. The molecule has 0 aromatic heterocycles. The van der Waals surface area contributed by atoms with Crippen LogP contribution in [0.4, 0.5) is 10.1 Å². The number of benzene rings is 3. The molecule has 1 aliphatic rings. The second-order valence-corrected chi connectivity index (χ2v) is 10.1. The normalized spacial score (nSPS) is 14.6. The number of nitrogens with one attached hydrogen (secondary N) is 1. The summed E-state index contributed by atoms with van der Waals surface area (Å²) in [6, 6.07) is 18.3. The highest BCUT2D eigenvalue weighted by atomic mass is 32.2. The highest BCUT2D eigenvalue weighted by molar-refractivity contribution is 7.92. The molecule has 3 aromatic rings. The van der Waals surface area contributed by atoms with Gasteiger partial charge in [0.1, 0.15) is 5.82 Å². The van der Waals surface area contributed by atoms with Gasteiger partial charge < -0.3 is 4.90 Å². The first-order valence-corrected chi connectivity index (χ1v) is 12.5. The Morgan fingerprint density at radius 3 is 2.21 bits per heavy atom. The van der Waals surface area contributed by atoms with Crippen molar-refractivity contribution in [2.24, 2.45) is 5.92 Å². The second-order valence-electron chi connectivity index (χ2n) is 8.44. The van der Waals surface area contributed by atoms with Gasteiger partial charge in [-0.2, -0.15) is 0 Å². The van der Waals surface area contributed by atoms with Crippen LogP contribution in [-0.4, -0.2) is 38.1 Å². The van der Waals surface area contributed by atoms with Gasteiger partial charge in [-0.15, -0.1) is 0 Å². The Morgan fingerprint density at radius 1 is 0.912 bits per heavy atom. The van der Waals surface area contributed by atoms with Crippen LogP contribution >= 0.6 is 0 Å². The third-order valence-corrected chi connectivity index (χ3v) is 7.36. The maximum absolute atomic E-state index is 13.1. The average Bonchev–Trinajstić information content (AvgIpc) is 2.85. The number of likely N-dealkylation sites (tertiary alicyclic amines) is 1. The van der Waals surface area contributed by atoms with Crippen molar-refractivity contribution in [2.75, 3.05) is 17.8 Å². The van der Waals surface area contributed by atoms with Crippen LogP contribution in [0.1, 0.15) is 39.1 Å². The summed E-state index contributed by atoms with van der Waals surface area (Å²) in [5.74, 6) is -0.801. The van der Waals surface area contributed by atoms with Crippen LogP contribution in [0.5, 0.6) is 0 Å². The Labute approximate surface area is 198 Å². The van der Waals surface area contributed by atoms with Gasteiger partial charge in [-0.05, 0) is 62.2 Å². The van der Waals surface area contributed by atoms with Crippen LogP contribution in [0.2, 0.25) is 0 Å². The number of aryl methyl sites for hydroxylation is 1. The third kappa shape index (κ3) is 5.34. The third-order valence-electron chi connectivity index (χ3n) is 5.98. The molecule has 1 heterocycles. The summed E-state index contributed by atoms with van der Waals surface area (Å²) in [5.41, 5.74) is 2.25. The summed E-state index contributed by atoms with van der Waals surface area (Å²) in [5, 5.41) is 0. The molecule has 0 bridgehead atoms. The zero-order chi connectivity index (χ0) is 24.3. The lowest BCUT2D eigenvalue weighted by atomic mass is 9.88. The SMILES string of the molecule is Cc1ccc(C(=O)C2CCN(C(=O)c3cccc(S(=O)(=O)Nc4ccc(F)cc4)c3)CC2)cc1. The van der Waals surface area contributed by atoms with Gasteiger partial charge in [-0.3, -0.25) is 14.3 Å². The number of anilines is 1. The lowest BCUT2D eigenvalue weighted by Gasteiger charge is -2.31. The zero-order valence-electron chi connectivity index (χ0n) is 18.7. The minimum Gasteiger partial charge on any atom is -0.339 e. The highest BCUT2D eigenvalue weighted by Gasteiger charge is 2.29. The van der Waals surface area contributed by atoms with Crippen LogP contribution in [0.15, 0.2) is 77.7 Å². The van der Waals surface area contributed by atoms with E-state index >= 15 is 0 Å². The molecule has 8 heteroatoms. The summed E-state index contributed by atoms with van der Waals surface area (Å²) in [6.45, 7) is 2.81. The molecule has 0 radical (unpaired) electrons. The monoisotopic (exact) mass is 480 g/mol. The number of hydrogen-bond donors (Lipinski definition) is 1. The molecule has 0 unspecified atom stereocenters. The molecule has 6 nitrogen and oxygen atoms in total. The Bertz CT molecular complexity index is 1300. The largest absolute Gasteiger partial charge is 0.339 e. The molecule has 0 saturated carbocycles. The second kappa shape index (κ2) is 9.77. The van der Waals surface area contributed by atoms with Gasteiger partial charge in [0.2, 0.25) is 0 Å². The van der Waals surface area contributed by atoms with Gasteiger partial charge in [0.25, 0.3) is 15.9 Å². The fraction of sp³-hybridized carbons (Fsp3) is 0.231. The fourth-order valence-corrected chi connectivity index (χ4v) is 5.11. The number of halogens is 1. The molecule has 1 N–H and O–H groups in total. The van der Waals surface area contributed by atoms with E-state index in [2.05, 4.69) is 4.72 Å². The quantitative estimate of drug-likeness (QED) is 0.520. The van der Waals surface area contributed by atoms with E-state index in [-0.39, 0.29) is 33.8 Å². The summed E-state index contributed by atoms with van der Waals surface area (Å²) in [7, 11) is -3.95. The Kier molecular flexibility index (Phi) is 6.79. The Balaban J connectivity index is 1.42. The van der Waals surface area contributed by atoms with Gasteiger partial charge in [-0.1, -0.05) is 35.9 Å². The van der Waals surface area contributed by atoms with E-state index in [1.807, 2.05) is 31.2 Å². The van der Waals surface area contributed by atoms with Crippen LogP contribution in [0.25, 0.3) is 0 Å². The number of carbonyl (C=O) groups is 2. The van der Waals surface area contributed by atoms with E-state index in [1.165, 1.54) is 30.3 Å². The molecule has 34 heavy (non-hydrogen) atoms. The predicted molar refractivity (Wildman–Crippen MR) is 128 cm³/mol. The first-order chi connectivity index (χ1) is 16.2. The molecule has 0 aliphatic carbocycles. The molecule has 1 aliphatic heterocycles. The van der Waals surface area contributed by atoms with Gasteiger partial charge in [-0.25, -0.2) is 12.8 Å². The average molecular weight is 481 g/mol. The van der Waals surface area contributed by atoms with Crippen molar-refractivity contribution in [3.63, 3.8) is 0 Å². The van der Waals surface area contributed by atoms with Gasteiger partial charge in [0.05, 0.1) is 4.90 Å². The van der Waals surface area contributed by atoms with Crippen molar-refractivity contribution in [2.45, 2.75) is 24.7 Å². The highest BCUT2D eigenvalue weighted by Crippen LogP contribution is 2.24. The molecule has 176 valence electrons. The van der Waals surface area contributed by atoms with E-state index in [9.17, 15) is 22.4 Å². The lowest BCUT2D eigenvalue weighted by molar-refractivity contribution is 0.0650. The molecule has 1 saturated heterocycles. The summed E-state index contributed by atoms with van der Waals surface area (Å²) in [6.07, 6.45) is 1.12. The van der Waals surface area contributed by atoms with E-state index in [0.29, 0.717) is 31.5 Å². The van der Waals surface area contributed by atoms with Crippen LogP contribution in [0, 0.1) is 18.7 Å². The topological polar surface area (TPSA) is 83.6 Å². The van der Waals surface area contributed by atoms with Crippen molar-refractivity contribution in [3.8, 4) is 0 Å². The van der Waals surface area contributed by atoms with E-state index in [4.69, 9.17) is 0 Å². The molecule has 1 amide bonds. The van der Waals surface area contributed by atoms with Crippen molar-refractivity contribution in [1.82, 2.24) is 4.90 Å². The first kappa shape index (κ1) is 23.6. The number of nitrogens with zero attached hydrogens (tertiary/aromatic N) is 1. The maximum Gasteiger partial charge on any atom is 0.261 e. The van der Waals surface area contributed by atoms with Crippen molar-refractivity contribution in [3.05, 3.63) is 95.3 Å². The molecular weight excluding hydrogens is 455 g/mol. The van der Waals surface area contributed by atoms with Crippen molar-refractivity contribution < 1.29 is 22.4 Å². The number of ketones is 1. The van der Waals surface area contributed by atoms with Crippen LogP contribution < -0.4 is 4.72 Å². The predicted octanol–water partition coefficient (Wildman–Crippen LogP) is 4.67. The van der Waals surface area contributed by atoms with Gasteiger partial charge in [0, 0.05) is 35.8 Å². The number of hydrogen-bond acceptors (Lipinski definition) is 4. The molecule has 3 aromatic carbocycles. The molecular formula is C26H25FN2O4S. The first-order valence-electron chi connectivity index (χ1n) is 11.0. The number of carbonyl (C=O) groups excluding carboxylic acids is 2. The number of Topliss-reactive ketones (excluding diaryl/α,β-unsaturated/α-hetero) is 1. The molecule has 0 spiro atoms. The van der Waals surface area contributed by atoms with E-state index in [0.717, 1.165) is 17.7 Å². The summed E-state index contributed by atoms with van der Waals surface area (Å²) < 4.78 is 41.0. The number of piperidine rings is 1. The summed E-state index contributed by atoms with van der Waals surface area (Å²) >= 11 is 0. The Morgan fingerprint density at radius 2 is 1.56 bits per heavy atom. The van der Waals surface area contributed by atoms with Crippen LogP contribution in [0.3, 0.4) is 0 Å². The van der Waals surface area contributed by atoms with Crippen molar-refractivity contribution in [1.29, 1.82) is 0 Å². The zero-order valence-corrected chi connectivity index (χ0v) is 19.5. The van der Waals surface area contributed by atoms with E-state index < -0.39 is 15.8 Å². The Hall–Kier alpha value is -3.52. The fourth-order valence-electron chi connectivity index (χ4n) is 4.01. The smallest absolute Gasteiger partial charge is 0.261 e.